The molecule has 1 amide bonds. The van der Waals surface area contributed by atoms with Gasteiger partial charge in [0.2, 0.25) is 5.91 Å². The molecule has 0 unspecified atom stereocenters. The third-order valence-electron chi connectivity index (χ3n) is 13.2. The Bertz CT molecular complexity index is 4370. The number of nitrogens with zero attached hydrogens (tertiary/aromatic N) is 7. The molecule has 0 radical (unpaired) electrons. The normalized spacial score (nSPS) is 10.8. The van der Waals surface area contributed by atoms with Crippen LogP contribution in [-0.4, -0.2) is 46.7 Å². The van der Waals surface area contributed by atoms with Crippen LogP contribution in [0.15, 0.2) is 179 Å². The van der Waals surface area contributed by atoms with Gasteiger partial charge in [-0.1, -0.05) is 77.0 Å². The minimum absolute atomic E-state index is 0.0504. The number of benzene rings is 6. The van der Waals surface area contributed by atoms with Gasteiger partial charge in [0.1, 0.15) is 36.7 Å². The van der Waals surface area contributed by atoms with Gasteiger partial charge in [0.15, 0.2) is 0 Å². The minimum Gasteiger partial charge on any atom is -0.457 e. The zero-order valence-electron chi connectivity index (χ0n) is 45.2. The Morgan fingerprint density at radius 2 is 0.762 bits per heavy atom. The van der Waals surface area contributed by atoms with E-state index in [2.05, 4.69) is 35.5 Å². The maximum Gasteiger partial charge on any atom is 0.338 e. The first-order valence-electron chi connectivity index (χ1n) is 26.3. The Morgan fingerprint density at radius 3 is 1.10 bits per heavy atom. The van der Waals surface area contributed by atoms with Gasteiger partial charge >= 0.3 is 5.97 Å². The second-order valence-electron chi connectivity index (χ2n) is 19.2. The van der Waals surface area contributed by atoms with Crippen molar-refractivity contribution < 1.29 is 14.3 Å². The Labute approximate surface area is 510 Å². The van der Waals surface area contributed by atoms with Gasteiger partial charge in [-0.05, 0) is 110 Å². The Morgan fingerprint density at radius 1 is 0.429 bits per heavy atom. The topological polar surface area (TPSA) is 124 Å². The molecule has 10 nitrogen and oxygen atoms in total. The molecule has 0 saturated carbocycles. The molecule has 6 heterocycles. The zero-order valence-corrected chi connectivity index (χ0v) is 50.1. The number of rotatable bonds is 13. The number of carbonyl (C=O) groups excluding carboxylic acids is 2. The zero-order chi connectivity index (χ0) is 57.4. The third-order valence-corrected chi connectivity index (χ3v) is 18.2. The summed E-state index contributed by atoms with van der Waals surface area (Å²) in [4.78, 5) is 58.5. The van der Waals surface area contributed by atoms with Crippen molar-refractivity contribution in [3.8, 4) is 98.9 Å². The van der Waals surface area contributed by atoms with E-state index >= 15 is 0 Å². The van der Waals surface area contributed by atoms with Crippen LogP contribution in [0.3, 0.4) is 0 Å². The summed E-state index contributed by atoms with van der Waals surface area (Å²) in [5, 5.41) is 14.9. The number of aromatic nitrogens is 6. The Balaban J connectivity index is 0.708. The number of ether oxygens (including phenoxy) is 1. The molecule has 12 aromatic rings. The number of aryl methyl sites for hydroxylation is 2. The van der Waals surface area contributed by atoms with Crippen LogP contribution >= 0.6 is 68.0 Å². The highest BCUT2D eigenvalue weighted by Gasteiger charge is 2.34. The summed E-state index contributed by atoms with van der Waals surface area (Å²) in [6, 6.07) is 37.2. The van der Waals surface area contributed by atoms with Gasteiger partial charge in [0.25, 0.3) is 0 Å². The number of carbonyl (C=O) groups is 2. The van der Waals surface area contributed by atoms with Crippen LogP contribution in [0.5, 0.6) is 0 Å². The average Bonchev–Trinajstić information content (AvgIpc) is 1.84. The van der Waals surface area contributed by atoms with Crippen molar-refractivity contribution in [3.05, 3.63) is 245 Å². The van der Waals surface area contributed by atoms with Crippen LogP contribution in [0.4, 0.5) is 0 Å². The molecular weight excluding hydrogens is 1160 g/mol. The van der Waals surface area contributed by atoms with E-state index in [1.165, 1.54) is 0 Å². The summed E-state index contributed by atoms with van der Waals surface area (Å²) in [5.74, 6) is 19.1. The highest BCUT2D eigenvalue weighted by Crippen LogP contribution is 2.57. The number of esters is 1. The Hall–Kier alpha value is -9.28. The van der Waals surface area contributed by atoms with Crippen LogP contribution in [0.25, 0.3) is 63.4 Å². The first kappa shape index (κ1) is 55.3. The molecular formula is C68H45N7O3S6. The first-order valence-corrected chi connectivity index (χ1v) is 31.5. The fraction of sp³-hybridized carbons (Fsp3) is 0.0882. The second-order valence-corrected chi connectivity index (χ2v) is 24.8. The first-order chi connectivity index (χ1) is 41.1. The number of thiazole rings is 6. The molecule has 0 aliphatic rings. The van der Waals surface area contributed by atoms with Crippen LogP contribution in [0, 0.1) is 49.4 Å². The summed E-state index contributed by atoms with van der Waals surface area (Å²) < 4.78 is 5.55. The lowest BCUT2D eigenvalue weighted by Gasteiger charge is -2.22. The summed E-state index contributed by atoms with van der Waals surface area (Å²) >= 11 is 9.38. The van der Waals surface area contributed by atoms with Gasteiger partial charge in [-0.2, -0.15) is 0 Å². The summed E-state index contributed by atoms with van der Waals surface area (Å²) in [6.07, 6.45) is 11.0. The molecule has 0 bridgehead atoms. The fourth-order valence-electron chi connectivity index (χ4n) is 9.36. The third kappa shape index (κ3) is 12.8. The molecule has 0 N–H and O–H groups in total. The van der Waals surface area contributed by atoms with Crippen molar-refractivity contribution in [2.45, 2.75) is 40.5 Å². The van der Waals surface area contributed by atoms with Crippen molar-refractivity contribution >= 4 is 79.9 Å². The summed E-state index contributed by atoms with van der Waals surface area (Å²) in [6.45, 7) is 6.50. The predicted octanol–water partition coefficient (Wildman–Crippen LogP) is 16.1. The fourth-order valence-corrected chi connectivity index (χ4v) is 13.8. The van der Waals surface area contributed by atoms with E-state index in [1.54, 1.807) is 74.9 Å². The van der Waals surface area contributed by atoms with Gasteiger partial charge in [-0.3, -0.25) is 4.79 Å². The van der Waals surface area contributed by atoms with Crippen LogP contribution in [-0.2, 0) is 29.2 Å². The van der Waals surface area contributed by atoms with Gasteiger partial charge < -0.3 is 9.64 Å². The standard InChI is InChI=1S/C68H45N7O3S6/c1-43-36-44(2)38-54(37-43)68(77)78-42-53-24-20-51(21-25-53)17-15-49-12-8-47(9-13-49)5-4-46-6-10-48(11-7-46)14-16-50-18-22-52(23-19-50)40-75(45(3)76)41-55-39-74-67(84-55)61-59(65-72-29-34-82-65)57(63-70-27-32-80-63)56(62-69-26-31-79-62)58(64-71-28-33-81-64)60(61)66-73-30-35-83-66/h6-13,18-39H,40-42H2,1-3H3. The van der Waals surface area contributed by atoms with Crippen molar-refractivity contribution in [1.82, 2.24) is 34.8 Å². The van der Waals surface area contributed by atoms with Crippen molar-refractivity contribution in [1.29, 1.82) is 0 Å². The molecule has 0 atom stereocenters. The lowest BCUT2D eigenvalue weighted by Crippen LogP contribution is -2.27. The lowest BCUT2D eigenvalue weighted by atomic mass is 9.86. The molecule has 0 saturated heterocycles. The molecule has 6 aromatic heterocycles. The molecule has 84 heavy (non-hydrogen) atoms. The summed E-state index contributed by atoms with van der Waals surface area (Å²) in [7, 11) is 0. The molecule has 0 aliphatic heterocycles. The van der Waals surface area contributed by atoms with Gasteiger partial charge in [0, 0.05) is 149 Å². The van der Waals surface area contributed by atoms with Crippen LogP contribution in [0.2, 0.25) is 0 Å². The lowest BCUT2D eigenvalue weighted by molar-refractivity contribution is -0.130. The minimum atomic E-state index is -0.335. The van der Waals surface area contributed by atoms with E-state index in [0.717, 1.165) is 124 Å². The van der Waals surface area contributed by atoms with E-state index in [1.807, 2.05) is 198 Å². The van der Waals surface area contributed by atoms with E-state index in [9.17, 15) is 9.59 Å². The highest BCUT2D eigenvalue weighted by molar-refractivity contribution is 7.17. The molecule has 12 rings (SSSR count). The quantitative estimate of drug-likeness (QED) is 0.0820. The van der Waals surface area contributed by atoms with Crippen molar-refractivity contribution in [2.24, 2.45) is 0 Å². The van der Waals surface area contributed by atoms with E-state index in [0.29, 0.717) is 18.7 Å². The van der Waals surface area contributed by atoms with E-state index < -0.39 is 0 Å². The second kappa shape index (κ2) is 25.5. The highest BCUT2D eigenvalue weighted by atomic mass is 32.1. The molecule has 16 heteroatoms. The average molecular weight is 1200 g/mol. The molecule has 406 valence electrons. The van der Waals surface area contributed by atoms with Gasteiger partial charge in [-0.25, -0.2) is 34.7 Å². The molecule has 0 aliphatic carbocycles. The van der Waals surface area contributed by atoms with Gasteiger partial charge in [0.05, 0.1) is 12.1 Å². The molecule has 0 spiro atoms. The molecule has 6 aromatic carbocycles. The SMILES string of the molecule is CC(=O)N(Cc1ccc(C#Cc2ccc(C#Cc3ccc(C#Cc4ccc(COC(=O)c5cc(C)cc(C)c5)cc4)cc3)cc2)cc1)Cc1cnc(-c2c(-c3nccs3)c(-c3nccs3)c(-c3nccs3)c(-c3nccs3)c2-c2nccs2)s1. The van der Waals surface area contributed by atoms with Crippen molar-refractivity contribution in [2.75, 3.05) is 0 Å². The monoisotopic (exact) mass is 1200 g/mol. The largest absolute Gasteiger partial charge is 0.457 e. The maximum atomic E-state index is 13.4. The van der Waals surface area contributed by atoms with Crippen LogP contribution in [0.1, 0.15) is 77.8 Å². The smallest absolute Gasteiger partial charge is 0.338 e. The number of amides is 1. The predicted molar refractivity (Wildman–Crippen MR) is 342 cm³/mol. The Kier molecular flexibility index (Phi) is 16.8. The van der Waals surface area contributed by atoms with Crippen molar-refractivity contribution in [3.63, 3.8) is 0 Å². The number of hydrogen-bond donors (Lipinski definition) is 0. The number of hydrogen-bond acceptors (Lipinski definition) is 15. The van der Waals surface area contributed by atoms with E-state index in [4.69, 9.17) is 34.6 Å². The maximum absolute atomic E-state index is 13.4. The van der Waals surface area contributed by atoms with E-state index in [-0.39, 0.29) is 18.5 Å². The van der Waals surface area contributed by atoms with Crippen LogP contribution < -0.4 is 0 Å². The molecule has 0 fully saturated rings. The summed E-state index contributed by atoms with van der Waals surface area (Å²) in [5.41, 5.74) is 15.2. The van der Waals surface area contributed by atoms with Gasteiger partial charge in [-0.15, -0.1) is 68.0 Å².